The van der Waals surface area contributed by atoms with Crippen molar-refractivity contribution in [3.8, 4) is 0 Å². The number of carbonyl (C=O) groups excluding carboxylic acids is 1. The number of hydrogen-bond donors (Lipinski definition) is 0. The summed E-state index contributed by atoms with van der Waals surface area (Å²) in [7, 11) is 1.35. The SMILES string of the molecule is CCCC/C=C\C/C=C\CCCCCCCCOCC(COP(=O)([O-])OCC[N+](C)(C)C)OC(=O)CCCCCCCCCCCCCCCCCC. The highest BCUT2D eigenvalue weighted by Gasteiger charge is 2.20. The predicted octanol–water partition coefficient (Wildman–Crippen LogP) is 12.2. The number of hydrogen-bond acceptors (Lipinski definition) is 7. The molecule has 53 heavy (non-hydrogen) atoms. The van der Waals surface area contributed by atoms with E-state index in [-0.39, 0.29) is 25.8 Å². The Bertz CT molecular complexity index is 905. The van der Waals surface area contributed by atoms with Gasteiger partial charge in [-0.15, -0.1) is 0 Å². The van der Waals surface area contributed by atoms with Crippen LogP contribution in [0.5, 0.6) is 0 Å². The van der Waals surface area contributed by atoms with Crippen LogP contribution in [-0.4, -0.2) is 70.7 Å². The number of phosphoric ester groups is 1. The third kappa shape index (κ3) is 42.0. The van der Waals surface area contributed by atoms with Crippen LogP contribution in [0.3, 0.4) is 0 Å². The number of allylic oxidation sites excluding steroid dienone is 4. The van der Waals surface area contributed by atoms with Crippen LogP contribution in [-0.2, 0) is 27.9 Å². The Balaban J connectivity index is 4.23. The molecule has 0 aliphatic carbocycles. The molecule has 0 radical (unpaired) electrons. The molecule has 0 bridgehead atoms. The Hall–Kier alpha value is -1.02. The lowest BCUT2D eigenvalue weighted by atomic mass is 10.0. The number of nitrogens with zero attached hydrogens (tertiary/aromatic N) is 1. The van der Waals surface area contributed by atoms with Gasteiger partial charge in [-0.2, -0.15) is 0 Å². The Morgan fingerprint density at radius 3 is 1.58 bits per heavy atom. The molecular weight excluding hydrogens is 685 g/mol. The fourth-order valence-corrected chi connectivity index (χ4v) is 6.76. The molecule has 9 heteroatoms. The Kier molecular flexibility index (Phi) is 37.2. The zero-order chi connectivity index (χ0) is 39.1. The normalized spacial score (nSPS) is 14.0. The summed E-state index contributed by atoms with van der Waals surface area (Å²) in [6.07, 6.45) is 41.8. The van der Waals surface area contributed by atoms with Gasteiger partial charge in [0.15, 0.2) is 0 Å². The lowest BCUT2D eigenvalue weighted by molar-refractivity contribution is -0.870. The highest BCUT2D eigenvalue weighted by atomic mass is 31.2. The van der Waals surface area contributed by atoms with Crippen LogP contribution in [0.1, 0.15) is 194 Å². The number of quaternary nitrogens is 1. The molecular formula is C44H86NO7P. The van der Waals surface area contributed by atoms with E-state index in [0.29, 0.717) is 24.1 Å². The molecule has 0 aromatic carbocycles. The second kappa shape index (κ2) is 37.9. The Labute approximate surface area is 328 Å². The van der Waals surface area contributed by atoms with Gasteiger partial charge in [0.1, 0.15) is 19.3 Å². The van der Waals surface area contributed by atoms with E-state index in [1.807, 2.05) is 21.1 Å². The van der Waals surface area contributed by atoms with E-state index in [1.165, 1.54) is 122 Å². The zero-order valence-electron chi connectivity index (χ0n) is 35.5. The molecule has 0 fully saturated rings. The number of esters is 1. The second-order valence-electron chi connectivity index (χ2n) is 16.1. The minimum atomic E-state index is -4.52. The molecule has 2 unspecified atom stereocenters. The third-order valence-corrected chi connectivity index (χ3v) is 10.5. The summed E-state index contributed by atoms with van der Waals surface area (Å²) in [4.78, 5) is 25.0. The van der Waals surface area contributed by atoms with Crippen LogP contribution in [0.15, 0.2) is 24.3 Å². The van der Waals surface area contributed by atoms with E-state index in [2.05, 4.69) is 38.2 Å². The molecule has 0 N–H and O–H groups in total. The first kappa shape index (κ1) is 52.0. The molecule has 8 nitrogen and oxygen atoms in total. The summed E-state index contributed by atoms with van der Waals surface area (Å²) in [5, 5.41) is 0. The molecule has 0 spiro atoms. The van der Waals surface area contributed by atoms with Gasteiger partial charge in [-0.25, -0.2) is 0 Å². The molecule has 0 amide bonds. The molecule has 0 rings (SSSR count). The largest absolute Gasteiger partial charge is 0.756 e. The first-order valence-corrected chi connectivity index (χ1v) is 23.5. The molecule has 0 saturated carbocycles. The molecule has 314 valence electrons. The first-order chi connectivity index (χ1) is 25.6. The maximum Gasteiger partial charge on any atom is 0.306 e. The van der Waals surface area contributed by atoms with Gasteiger partial charge in [-0.1, -0.05) is 173 Å². The summed E-state index contributed by atoms with van der Waals surface area (Å²) in [5.41, 5.74) is 0. The monoisotopic (exact) mass is 772 g/mol. The van der Waals surface area contributed by atoms with Crippen molar-refractivity contribution in [3.63, 3.8) is 0 Å². The van der Waals surface area contributed by atoms with Gasteiger partial charge in [0.25, 0.3) is 7.82 Å². The second-order valence-corrected chi connectivity index (χ2v) is 17.5. The lowest BCUT2D eigenvalue weighted by Crippen LogP contribution is -2.37. The minimum Gasteiger partial charge on any atom is -0.756 e. The lowest BCUT2D eigenvalue weighted by Gasteiger charge is -2.28. The third-order valence-electron chi connectivity index (χ3n) is 9.51. The van der Waals surface area contributed by atoms with Gasteiger partial charge in [-0.3, -0.25) is 9.36 Å². The van der Waals surface area contributed by atoms with Crippen LogP contribution in [0.2, 0.25) is 0 Å². The fraction of sp³-hybridized carbons (Fsp3) is 0.886. The van der Waals surface area contributed by atoms with Crippen LogP contribution in [0, 0.1) is 0 Å². The minimum absolute atomic E-state index is 0.0258. The number of likely N-dealkylation sites (N-methyl/N-ethyl adjacent to an activating group) is 1. The Morgan fingerprint density at radius 2 is 1.06 bits per heavy atom. The standard InChI is InChI=1S/C44H86NO7P/c1-6-8-10-12-14-16-18-20-22-23-25-27-29-31-33-35-37-44(46)52-43(42-51-53(47,48)50-40-38-45(3,4)5)41-49-39-36-34-32-30-28-26-24-21-19-17-15-13-11-9-7-2/h13,15,19,21,43H,6-12,14,16-18,20,22-42H2,1-5H3/b15-13-,21-19-. The van der Waals surface area contributed by atoms with E-state index in [4.69, 9.17) is 18.5 Å². The van der Waals surface area contributed by atoms with Crippen LogP contribution < -0.4 is 4.89 Å². The van der Waals surface area contributed by atoms with E-state index < -0.39 is 13.9 Å². The van der Waals surface area contributed by atoms with Crippen molar-refractivity contribution in [2.24, 2.45) is 0 Å². The molecule has 0 aromatic heterocycles. The summed E-state index contributed by atoms with van der Waals surface area (Å²) in [6, 6.07) is 0. The molecule has 0 aromatic rings. The summed E-state index contributed by atoms with van der Waals surface area (Å²) < 4.78 is 34.6. The number of phosphoric acid groups is 1. The molecule has 0 saturated heterocycles. The van der Waals surface area contributed by atoms with E-state index in [9.17, 15) is 14.3 Å². The van der Waals surface area contributed by atoms with Crippen LogP contribution >= 0.6 is 7.82 Å². The van der Waals surface area contributed by atoms with E-state index in [1.54, 1.807) is 0 Å². The average molecular weight is 772 g/mol. The number of unbranched alkanes of at least 4 members (excludes halogenated alkanes) is 23. The number of carbonyl (C=O) groups is 1. The molecule has 0 aliphatic rings. The number of ether oxygens (including phenoxy) is 2. The molecule has 0 aliphatic heterocycles. The fourth-order valence-electron chi connectivity index (χ4n) is 6.03. The maximum atomic E-state index is 12.7. The summed E-state index contributed by atoms with van der Waals surface area (Å²) in [6.45, 7) is 5.37. The van der Waals surface area contributed by atoms with Gasteiger partial charge in [0.05, 0.1) is 34.4 Å². The van der Waals surface area contributed by atoms with E-state index in [0.717, 1.165) is 51.4 Å². The topological polar surface area (TPSA) is 94.1 Å². The average Bonchev–Trinajstić information content (AvgIpc) is 3.11. The van der Waals surface area contributed by atoms with Gasteiger partial charge >= 0.3 is 5.97 Å². The Morgan fingerprint density at radius 1 is 0.585 bits per heavy atom. The van der Waals surface area contributed by atoms with Crippen molar-refractivity contribution in [2.45, 2.75) is 200 Å². The summed E-state index contributed by atoms with van der Waals surface area (Å²) in [5.74, 6) is -0.336. The predicted molar refractivity (Wildman–Crippen MR) is 222 cm³/mol. The van der Waals surface area contributed by atoms with Crippen LogP contribution in [0.4, 0.5) is 0 Å². The van der Waals surface area contributed by atoms with Gasteiger partial charge in [-0.05, 0) is 38.5 Å². The van der Waals surface area contributed by atoms with E-state index >= 15 is 0 Å². The summed E-state index contributed by atoms with van der Waals surface area (Å²) >= 11 is 0. The van der Waals surface area contributed by atoms with Crippen molar-refractivity contribution >= 4 is 13.8 Å². The smallest absolute Gasteiger partial charge is 0.306 e. The van der Waals surface area contributed by atoms with Crippen molar-refractivity contribution in [2.75, 3.05) is 54.1 Å². The highest BCUT2D eigenvalue weighted by molar-refractivity contribution is 7.45. The van der Waals surface area contributed by atoms with Gasteiger partial charge in [0.2, 0.25) is 0 Å². The van der Waals surface area contributed by atoms with Crippen LogP contribution in [0.25, 0.3) is 0 Å². The van der Waals surface area contributed by atoms with Crippen molar-refractivity contribution < 1.29 is 37.3 Å². The quantitative estimate of drug-likeness (QED) is 0.0201. The highest BCUT2D eigenvalue weighted by Crippen LogP contribution is 2.38. The van der Waals surface area contributed by atoms with Gasteiger partial charge in [0, 0.05) is 13.0 Å². The van der Waals surface area contributed by atoms with Crippen molar-refractivity contribution in [1.29, 1.82) is 0 Å². The van der Waals surface area contributed by atoms with Crippen molar-refractivity contribution in [3.05, 3.63) is 24.3 Å². The maximum absolute atomic E-state index is 12.7. The first-order valence-electron chi connectivity index (χ1n) is 22.1. The zero-order valence-corrected chi connectivity index (χ0v) is 36.4. The molecule has 0 heterocycles. The molecule has 2 atom stereocenters. The van der Waals surface area contributed by atoms with Gasteiger partial charge < -0.3 is 27.9 Å². The van der Waals surface area contributed by atoms with Crippen molar-refractivity contribution in [1.82, 2.24) is 0 Å². The number of rotatable bonds is 41.